The van der Waals surface area contributed by atoms with Crippen molar-refractivity contribution in [3.63, 3.8) is 0 Å². The molecule has 3 N–H and O–H groups in total. The summed E-state index contributed by atoms with van der Waals surface area (Å²) in [7, 11) is 1.75. The molecule has 6 heterocycles. The molecule has 4 aliphatic heterocycles. The fourth-order valence-corrected chi connectivity index (χ4v) is 7.24. The van der Waals surface area contributed by atoms with Gasteiger partial charge in [0.1, 0.15) is 17.3 Å². The summed E-state index contributed by atoms with van der Waals surface area (Å²) >= 11 is 1.50. The Morgan fingerprint density at radius 3 is 2.84 bits per heavy atom. The molecule has 4 unspecified atom stereocenters. The van der Waals surface area contributed by atoms with Crippen LogP contribution in [0, 0.1) is 11.3 Å². The van der Waals surface area contributed by atoms with Gasteiger partial charge in [-0.05, 0) is 32.3 Å². The van der Waals surface area contributed by atoms with Gasteiger partial charge in [-0.2, -0.15) is 0 Å². The van der Waals surface area contributed by atoms with Gasteiger partial charge in [0.15, 0.2) is 17.4 Å². The van der Waals surface area contributed by atoms with Gasteiger partial charge in [-0.1, -0.05) is 11.8 Å². The number of nitrogens with zero attached hydrogens (tertiary/aromatic N) is 5. The summed E-state index contributed by atoms with van der Waals surface area (Å²) in [5, 5.41) is 10.9. The first-order chi connectivity index (χ1) is 18.0. The average Bonchev–Trinajstić information content (AvgIpc) is 3.46. The van der Waals surface area contributed by atoms with E-state index in [1.807, 2.05) is 12.3 Å². The first-order valence-corrected chi connectivity index (χ1v) is 14.0. The lowest BCUT2D eigenvalue weighted by Gasteiger charge is -2.41. The number of aliphatic hydroxyl groups is 1. The van der Waals surface area contributed by atoms with Crippen molar-refractivity contribution in [1.29, 1.82) is 0 Å². The molecule has 0 saturated carbocycles. The summed E-state index contributed by atoms with van der Waals surface area (Å²) in [5.41, 5.74) is 7.11. The number of pyridine rings is 1. The highest BCUT2D eigenvalue weighted by Crippen LogP contribution is 2.45. The predicted octanol–water partition coefficient (Wildman–Crippen LogP) is 2.08. The maximum Gasteiger partial charge on any atom is 0.175 e. The molecule has 2 aromatic heterocycles. The van der Waals surface area contributed by atoms with Gasteiger partial charge in [-0.25, -0.2) is 15.0 Å². The van der Waals surface area contributed by atoms with E-state index in [1.54, 1.807) is 13.3 Å². The van der Waals surface area contributed by atoms with Crippen LogP contribution in [-0.4, -0.2) is 84.8 Å². The summed E-state index contributed by atoms with van der Waals surface area (Å²) in [6.45, 7) is 6.58. The maximum absolute atomic E-state index is 10.2. The molecule has 1 spiro atoms. The minimum absolute atomic E-state index is 0.0386. The van der Waals surface area contributed by atoms with E-state index < -0.39 is 0 Å². The first-order valence-electron chi connectivity index (χ1n) is 13.2. The predicted molar refractivity (Wildman–Crippen MR) is 140 cm³/mol. The Labute approximate surface area is 221 Å². The SMILES string of the molecule is COCC1CC2COc3c(Sc4cnc(N5CCC6(CC5)COC(C)C6N)c(CO)n4)ccnc3N2C1. The van der Waals surface area contributed by atoms with Gasteiger partial charge < -0.3 is 34.9 Å². The number of nitrogens with two attached hydrogens (primary N) is 1. The molecule has 11 heteroatoms. The summed E-state index contributed by atoms with van der Waals surface area (Å²) in [4.78, 5) is 19.7. The maximum atomic E-state index is 10.2. The number of aliphatic hydroxyl groups excluding tert-OH is 1. The zero-order valence-corrected chi connectivity index (χ0v) is 22.3. The van der Waals surface area contributed by atoms with E-state index in [0.29, 0.717) is 24.3 Å². The number of methoxy groups -OCH3 is 1. The quantitative estimate of drug-likeness (QED) is 0.573. The molecule has 0 aliphatic carbocycles. The van der Waals surface area contributed by atoms with E-state index in [9.17, 15) is 5.11 Å². The Balaban J connectivity index is 1.18. The molecule has 2 aromatic rings. The fraction of sp³-hybridized carbons (Fsp3) is 0.654. The molecule has 0 radical (unpaired) electrons. The number of hydrogen-bond acceptors (Lipinski definition) is 11. The molecule has 200 valence electrons. The van der Waals surface area contributed by atoms with Crippen molar-refractivity contribution in [3.05, 3.63) is 24.2 Å². The van der Waals surface area contributed by atoms with Gasteiger partial charge in [0, 0.05) is 50.3 Å². The molecule has 3 saturated heterocycles. The zero-order valence-electron chi connectivity index (χ0n) is 21.5. The lowest BCUT2D eigenvalue weighted by atomic mass is 9.73. The highest BCUT2D eigenvalue weighted by atomic mass is 32.2. The molecule has 37 heavy (non-hydrogen) atoms. The van der Waals surface area contributed by atoms with Gasteiger partial charge in [0.25, 0.3) is 0 Å². The lowest BCUT2D eigenvalue weighted by molar-refractivity contribution is 0.0973. The molecule has 0 amide bonds. The molecule has 0 aromatic carbocycles. The Morgan fingerprint density at radius 1 is 1.27 bits per heavy atom. The number of piperidine rings is 1. The highest BCUT2D eigenvalue weighted by Gasteiger charge is 2.48. The second-order valence-corrected chi connectivity index (χ2v) is 11.8. The van der Waals surface area contributed by atoms with Crippen molar-refractivity contribution in [2.24, 2.45) is 17.1 Å². The molecule has 6 rings (SSSR count). The van der Waals surface area contributed by atoms with Crippen LogP contribution in [0.2, 0.25) is 0 Å². The van der Waals surface area contributed by atoms with Crippen molar-refractivity contribution in [1.82, 2.24) is 15.0 Å². The van der Waals surface area contributed by atoms with Crippen molar-refractivity contribution in [2.45, 2.75) is 60.9 Å². The van der Waals surface area contributed by atoms with E-state index in [0.717, 1.165) is 79.4 Å². The standard InChI is InChI=1S/C26H36N6O4S/c1-16-23(27)26(15-36-16)4-7-31(8-5-26)24-19(12-33)30-21(10-29-24)37-20-3-6-28-25-22(20)35-14-18-9-17(13-34-2)11-32(18)25/h3,6,10,16-18,23,33H,4-5,7-9,11-15,27H2,1-2H3. The van der Waals surface area contributed by atoms with Crippen LogP contribution in [0.1, 0.15) is 31.9 Å². The third kappa shape index (κ3) is 4.54. The number of aromatic nitrogens is 3. The van der Waals surface area contributed by atoms with E-state index in [4.69, 9.17) is 29.9 Å². The van der Waals surface area contributed by atoms with Crippen LogP contribution >= 0.6 is 11.8 Å². The van der Waals surface area contributed by atoms with Crippen LogP contribution in [0.15, 0.2) is 28.4 Å². The Morgan fingerprint density at radius 2 is 2.11 bits per heavy atom. The third-order valence-electron chi connectivity index (χ3n) is 8.52. The van der Waals surface area contributed by atoms with Crippen LogP contribution in [0.5, 0.6) is 5.75 Å². The van der Waals surface area contributed by atoms with Gasteiger partial charge in [0.2, 0.25) is 0 Å². The summed E-state index contributed by atoms with van der Waals surface area (Å²) in [6.07, 6.45) is 6.66. The van der Waals surface area contributed by atoms with E-state index >= 15 is 0 Å². The van der Waals surface area contributed by atoms with Crippen LogP contribution < -0.4 is 20.3 Å². The second-order valence-electron chi connectivity index (χ2n) is 10.8. The Bertz CT molecular complexity index is 1130. The van der Waals surface area contributed by atoms with Gasteiger partial charge in [0.05, 0.1) is 43.1 Å². The second kappa shape index (κ2) is 10.2. The summed E-state index contributed by atoms with van der Waals surface area (Å²) in [6, 6.07) is 2.35. The summed E-state index contributed by atoms with van der Waals surface area (Å²) < 4.78 is 17.5. The minimum atomic E-state index is -0.167. The first kappa shape index (κ1) is 25.1. The lowest BCUT2D eigenvalue weighted by Crippen LogP contribution is -2.51. The zero-order chi connectivity index (χ0) is 25.6. The van der Waals surface area contributed by atoms with E-state index in [2.05, 4.69) is 21.7 Å². The smallest absolute Gasteiger partial charge is 0.175 e. The minimum Gasteiger partial charge on any atom is -0.486 e. The molecule has 4 aliphatic rings. The van der Waals surface area contributed by atoms with Crippen LogP contribution in [0.25, 0.3) is 0 Å². The van der Waals surface area contributed by atoms with Crippen molar-refractivity contribution < 1.29 is 19.3 Å². The number of rotatable bonds is 6. The third-order valence-corrected chi connectivity index (χ3v) is 9.46. The van der Waals surface area contributed by atoms with Gasteiger partial charge in [-0.15, -0.1) is 0 Å². The van der Waals surface area contributed by atoms with E-state index in [-0.39, 0.29) is 24.2 Å². The largest absolute Gasteiger partial charge is 0.486 e. The molecule has 10 nitrogen and oxygen atoms in total. The number of fused-ring (bicyclic) bond motifs is 3. The van der Waals surface area contributed by atoms with Gasteiger partial charge in [-0.3, -0.25) is 0 Å². The highest BCUT2D eigenvalue weighted by molar-refractivity contribution is 7.99. The summed E-state index contributed by atoms with van der Waals surface area (Å²) in [5.74, 6) is 2.92. The number of ether oxygens (including phenoxy) is 3. The van der Waals surface area contributed by atoms with Crippen LogP contribution in [0.4, 0.5) is 11.6 Å². The molecule has 0 bridgehead atoms. The molecule has 4 atom stereocenters. The fourth-order valence-electron chi connectivity index (χ4n) is 6.38. The Hall–Kier alpha value is -2.18. The molecular weight excluding hydrogens is 492 g/mol. The average molecular weight is 529 g/mol. The number of hydrogen-bond donors (Lipinski definition) is 2. The Kier molecular flexibility index (Phi) is 6.91. The van der Waals surface area contributed by atoms with Crippen molar-refractivity contribution in [3.8, 4) is 5.75 Å². The van der Waals surface area contributed by atoms with Crippen LogP contribution in [-0.2, 0) is 16.1 Å². The number of anilines is 2. The van der Waals surface area contributed by atoms with Crippen molar-refractivity contribution >= 4 is 23.4 Å². The van der Waals surface area contributed by atoms with Gasteiger partial charge >= 0.3 is 0 Å². The van der Waals surface area contributed by atoms with Crippen LogP contribution in [0.3, 0.4) is 0 Å². The normalized spacial score (nSPS) is 28.3. The monoisotopic (exact) mass is 528 g/mol. The molecule has 3 fully saturated rings. The van der Waals surface area contributed by atoms with Crippen molar-refractivity contribution in [2.75, 3.05) is 56.4 Å². The molecular formula is C26H36N6O4S. The van der Waals surface area contributed by atoms with E-state index in [1.165, 1.54) is 11.8 Å². The topological polar surface area (TPSA) is 119 Å².